The average Bonchev–Trinajstić information content (AvgIpc) is 3.63. The molecule has 208 valence electrons. The molecule has 4 aromatic rings. The van der Waals surface area contributed by atoms with Crippen LogP contribution in [0.1, 0.15) is 39.9 Å². The summed E-state index contributed by atoms with van der Waals surface area (Å²) in [6, 6.07) is 7.28. The van der Waals surface area contributed by atoms with Gasteiger partial charge in [0.1, 0.15) is 23.9 Å². The Morgan fingerprint density at radius 1 is 1.18 bits per heavy atom. The Bertz CT molecular complexity index is 1630. The highest BCUT2D eigenvalue weighted by Gasteiger charge is 2.23. The molecule has 0 bridgehead atoms. The first-order valence-electron chi connectivity index (χ1n) is 14.4. The Kier molecular flexibility index (Phi) is 6.80. The van der Waals surface area contributed by atoms with Crippen LogP contribution >= 0.6 is 0 Å². The largest absolute Gasteiger partial charge is 0.494 e. The van der Waals surface area contributed by atoms with Crippen molar-refractivity contribution in [2.75, 3.05) is 37.8 Å². The molecule has 12 nitrogen and oxygen atoms in total. The maximum atomic E-state index is 12.8. The zero-order valence-electron chi connectivity index (χ0n) is 25.8. The van der Waals surface area contributed by atoms with E-state index in [0.717, 1.165) is 0 Å². The lowest BCUT2D eigenvalue weighted by molar-refractivity contribution is 0.0988. The van der Waals surface area contributed by atoms with Crippen LogP contribution in [0.4, 0.5) is 23.0 Å². The maximum absolute atomic E-state index is 12.8. The molecule has 1 aromatic carbocycles. The van der Waals surface area contributed by atoms with Gasteiger partial charge in [-0.2, -0.15) is 5.10 Å². The molecule has 0 amide bonds. The van der Waals surface area contributed by atoms with Crippen molar-refractivity contribution < 1.29 is 18.4 Å². The van der Waals surface area contributed by atoms with E-state index in [1.165, 1.54) is 17.3 Å². The van der Waals surface area contributed by atoms with Crippen LogP contribution in [-0.4, -0.2) is 73.7 Å². The number of Topliss-reactive ketones (excluding diaryl/α,β-unsaturated/α-hetero) is 1. The Morgan fingerprint density at radius 3 is 2.75 bits per heavy atom. The van der Waals surface area contributed by atoms with E-state index in [1.54, 1.807) is 45.1 Å². The second-order valence-corrected chi connectivity index (χ2v) is 9.39. The summed E-state index contributed by atoms with van der Waals surface area (Å²) in [6.45, 7) is 2.15. The van der Waals surface area contributed by atoms with Gasteiger partial charge in [-0.3, -0.25) is 9.48 Å². The number of hydrogen-bond donors (Lipinski definition) is 2. The molecule has 1 aliphatic rings. The Hall–Kier alpha value is -4.58. The van der Waals surface area contributed by atoms with Crippen molar-refractivity contribution in [3.63, 3.8) is 0 Å². The van der Waals surface area contributed by atoms with Crippen molar-refractivity contribution in [1.29, 1.82) is 0 Å². The minimum absolute atomic E-state index is 0.0795. The van der Waals surface area contributed by atoms with E-state index in [0.29, 0.717) is 83.2 Å². The highest BCUT2D eigenvalue weighted by atomic mass is 16.5. The number of anilines is 4. The average molecular weight is 547 g/mol. The highest BCUT2D eigenvalue weighted by molar-refractivity contribution is 6.02. The number of likely N-dealkylation sites (N-methyl/N-ethyl adjacent to an activating group) is 1. The third-order valence-electron chi connectivity index (χ3n) is 6.44. The fourth-order valence-corrected chi connectivity index (χ4v) is 4.44. The van der Waals surface area contributed by atoms with E-state index in [1.807, 2.05) is 18.2 Å². The summed E-state index contributed by atoms with van der Waals surface area (Å²) in [5, 5.41) is 10.9. The summed E-state index contributed by atoms with van der Waals surface area (Å²) in [7, 11) is 3.35. The Morgan fingerprint density at radius 2 is 2.05 bits per heavy atom. The van der Waals surface area contributed by atoms with E-state index in [2.05, 4.69) is 35.7 Å². The number of ether oxygens (including phenoxy) is 2. The molecule has 0 spiro atoms. The number of carbonyl (C=O) groups excluding carboxylic acids is 1. The SMILES string of the molecule is [2H]C([2H])([2H])N1CC[C@@H](Oc2ncc(Nc3cc(Nc4cccc(-c5ncn(C)n5)c4OC)c(C(=O)CC)cn3)nc2C)C1. The van der Waals surface area contributed by atoms with Crippen molar-refractivity contribution in [2.45, 2.75) is 32.8 Å². The van der Waals surface area contributed by atoms with Gasteiger partial charge in [0.25, 0.3) is 0 Å². The lowest BCUT2D eigenvalue weighted by Crippen LogP contribution is -2.22. The fraction of sp³-hybridized carbons (Fsp3) is 0.357. The zero-order chi connectivity index (χ0) is 30.7. The number of benzene rings is 1. The molecule has 0 radical (unpaired) electrons. The molecular formula is C28H33N9O3. The first-order valence-corrected chi connectivity index (χ1v) is 12.9. The summed E-state index contributed by atoms with van der Waals surface area (Å²) in [4.78, 5) is 32.0. The topological polar surface area (TPSA) is 132 Å². The number of carbonyl (C=O) groups is 1. The summed E-state index contributed by atoms with van der Waals surface area (Å²) in [6.07, 6.45) is 5.26. The van der Waals surface area contributed by atoms with E-state index in [4.69, 9.17) is 13.6 Å². The van der Waals surface area contributed by atoms with E-state index < -0.39 is 6.98 Å². The number of nitrogens with zero attached hydrogens (tertiary/aromatic N) is 7. The minimum atomic E-state index is -2.14. The lowest BCUT2D eigenvalue weighted by atomic mass is 10.1. The quantitative estimate of drug-likeness (QED) is 0.278. The number of hydrogen-bond acceptors (Lipinski definition) is 11. The van der Waals surface area contributed by atoms with Crippen molar-refractivity contribution >= 4 is 28.8 Å². The number of likely N-dealkylation sites (tertiary alicyclic amines) is 1. The second kappa shape index (κ2) is 11.7. The summed E-state index contributed by atoms with van der Waals surface area (Å²) < 4.78 is 36.1. The minimum Gasteiger partial charge on any atom is -0.494 e. The molecule has 5 rings (SSSR count). The smallest absolute Gasteiger partial charge is 0.235 e. The van der Waals surface area contributed by atoms with Crippen LogP contribution in [0.25, 0.3) is 11.4 Å². The molecule has 40 heavy (non-hydrogen) atoms. The molecule has 0 saturated carbocycles. The van der Waals surface area contributed by atoms with Crippen LogP contribution < -0.4 is 20.1 Å². The summed E-state index contributed by atoms with van der Waals surface area (Å²) >= 11 is 0. The van der Waals surface area contributed by atoms with E-state index in [9.17, 15) is 4.79 Å². The number of methoxy groups -OCH3 is 1. The van der Waals surface area contributed by atoms with Gasteiger partial charge in [0, 0.05) is 42.9 Å². The van der Waals surface area contributed by atoms with Crippen molar-refractivity contribution in [3.05, 3.63) is 54.2 Å². The zero-order valence-corrected chi connectivity index (χ0v) is 22.8. The van der Waals surface area contributed by atoms with Gasteiger partial charge in [-0.25, -0.2) is 19.9 Å². The summed E-state index contributed by atoms with van der Waals surface area (Å²) in [5.41, 5.74) is 2.80. The van der Waals surface area contributed by atoms with Crippen LogP contribution in [0, 0.1) is 6.92 Å². The second-order valence-electron chi connectivity index (χ2n) is 9.39. The van der Waals surface area contributed by atoms with Crippen LogP contribution in [0.3, 0.4) is 0 Å². The maximum Gasteiger partial charge on any atom is 0.235 e. The van der Waals surface area contributed by atoms with Gasteiger partial charge in [0.15, 0.2) is 23.2 Å². The first-order chi connectivity index (χ1) is 20.5. The van der Waals surface area contributed by atoms with Gasteiger partial charge >= 0.3 is 0 Å². The monoisotopic (exact) mass is 546 g/mol. The molecular weight excluding hydrogens is 510 g/mol. The fourth-order valence-electron chi connectivity index (χ4n) is 4.44. The predicted molar refractivity (Wildman–Crippen MR) is 152 cm³/mol. The molecule has 0 unspecified atom stereocenters. The highest BCUT2D eigenvalue weighted by Crippen LogP contribution is 2.37. The van der Waals surface area contributed by atoms with Gasteiger partial charge in [0.2, 0.25) is 5.88 Å². The van der Waals surface area contributed by atoms with Gasteiger partial charge in [-0.1, -0.05) is 13.0 Å². The van der Waals surface area contributed by atoms with Crippen LogP contribution in [0.15, 0.2) is 43.0 Å². The third kappa shape index (κ3) is 5.86. The molecule has 12 heteroatoms. The molecule has 1 atom stereocenters. The van der Waals surface area contributed by atoms with Gasteiger partial charge in [-0.05, 0) is 32.5 Å². The number of para-hydroxylation sites is 1. The van der Waals surface area contributed by atoms with Crippen LogP contribution in [0.2, 0.25) is 0 Å². The molecule has 4 heterocycles. The van der Waals surface area contributed by atoms with Gasteiger partial charge in [0.05, 0.1) is 35.8 Å². The number of rotatable bonds is 10. The summed E-state index contributed by atoms with van der Waals surface area (Å²) in [5.74, 6) is 2.16. The molecule has 0 aliphatic carbocycles. The lowest BCUT2D eigenvalue weighted by Gasteiger charge is -2.17. The Balaban J connectivity index is 1.37. The van der Waals surface area contributed by atoms with E-state index >= 15 is 0 Å². The normalized spacial score (nSPS) is 16.6. The molecule has 1 saturated heterocycles. The molecule has 2 N–H and O–H groups in total. The van der Waals surface area contributed by atoms with Crippen LogP contribution in [0.5, 0.6) is 11.6 Å². The Labute approximate surface area is 237 Å². The van der Waals surface area contributed by atoms with Crippen molar-refractivity contribution in [1.82, 2.24) is 34.6 Å². The van der Waals surface area contributed by atoms with Crippen molar-refractivity contribution in [3.8, 4) is 23.0 Å². The molecule has 3 aromatic heterocycles. The number of nitrogens with one attached hydrogen (secondary N) is 2. The number of aromatic nitrogens is 6. The van der Waals surface area contributed by atoms with Crippen LogP contribution in [-0.2, 0) is 7.05 Å². The standard InChI is InChI=1S/C28H33N9O3/c1-6-23(38)20-13-29-24(34-25-14-30-28(17(2)32-25)40-18-10-11-36(3)15-18)12-22(20)33-21-9-7-8-19(26(21)39-5)27-31-16-37(4)35-27/h7-9,12-14,16,18H,6,10-11,15H2,1-5H3,(H2,29,32,33,34)/t18-/m1/s1/i3D3. The predicted octanol–water partition coefficient (Wildman–Crippen LogP) is 4.15. The first kappa shape index (κ1) is 23.3. The molecule has 1 fully saturated rings. The van der Waals surface area contributed by atoms with Gasteiger partial charge in [-0.15, -0.1) is 0 Å². The third-order valence-corrected chi connectivity index (χ3v) is 6.44. The van der Waals surface area contributed by atoms with Crippen molar-refractivity contribution in [2.24, 2.45) is 7.05 Å². The van der Waals surface area contributed by atoms with Gasteiger partial charge < -0.3 is 25.0 Å². The molecule has 1 aliphatic heterocycles. The number of aryl methyl sites for hydroxylation is 2. The van der Waals surface area contributed by atoms with E-state index in [-0.39, 0.29) is 11.9 Å². The number of ketones is 1. The number of pyridine rings is 1.